The van der Waals surface area contributed by atoms with Gasteiger partial charge < -0.3 is 4.74 Å². The van der Waals surface area contributed by atoms with E-state index in [9.17, 15) is 14.4 Å². The number of methoxy groups -OCH3 is 1. The maximum atomic E-state index is 12.6. The third kappa shape index (κ3) is 2.47. The van der Waals surface area contributed by atoms with E-state index in [0.29, 0.717) is 0 Å². The summed E-state index contributed by atoms with van der Waals surface area (Å²) in [4.78, 5) is 39.3. The van der Waals surface area contributed by atoms with Gasteiger partial charge in [0.05, 0.1) is 25.0 Å². The summed E-state index contributed by atoms with van der Waals surface area (Å²) >= 11 is 1.52. The Morgan fingerprint density at radius 2 is 1.81 bits per heavy atom. The maximum absolute atomic E-state index is 12.6. The molecule has 2 saturated heterocycles. The number of hydrogen-bond acceptors (Lipinski definition) is 6. The summed E-state index contributed by atoms with van der Waals surface area (Å²) < 4.78 is 4.84. The maximum Gasteiger partial charge on any atom is 0.323 e. The highest BCUT2D eigenvalue weighted by atomic mass is 32.1. The zero-order chi connectivity index (χ0) is 18.4. The minimum Gasteiger partial charge on any atom is -0.468 e. The van der Waals surface area contributed by atoms with Crippen molar-refractivity contribution in [2.45, 2.75) is 12.1 Å². The van der Waals surface area contributed by atoms with E-state index in [2.05, 4.69) is 5.32 Å². The highest BCUT2D eigenvalue weighted by Gasteiger charge is 2.60. The van der Waals surface area contributed by atoms with Crippen molar-refractivity contribution < 1.29 is 19.1 Å². The van der Waals surface area contributed by atoms with Crippen LogP contribution in [0.3, 0.4) is 0 Å². The van der Waals surface area contributed by atoms with Crippen LogP contribution < -0.4 is 5.32 Å². The van der Waals surface area contributed by atoms with Gasteiger partial charge in [-0.3, -0.25) is 24.6 Å². The summed E-state index contributed by atoms with van der Waals surface area (Å²) in [5.74, 6) is -2.39. The fraction of sp³-hybridized carbons (Fsp3) is 0.316. The van der Waals surface area contributed by atoms with E-state index in [1.165, 1.54) is 25.5 Å². The quantitative estimate of drug-likeness (QED) is 0.659. The third-order valence-corrected chi connectivity index (χ3v) is 6.20. The summed E-state index contributed by atoms with van der Waals surface area (Å²) in [5.41, 5.74) is 2.13. The third-order valence-electron chi connectivity index (χ3n) is 5.18. The highest BCUT2D eigenvalue weighted by Crippen LogP contribution is 2.45. The Labute approximate surface area is 154 Å². The molecule has 7 heteroatoms. The molecule has 2 amide bonds. The van der Waals surface area contributed by atoms with Crippen LogP contribution in [0.2, 0.25) is 0 Å². The second-order valence-corrected chi connectivity index (χ2v) is 7.48. The Morgan fingerprint density at radius 1 is 1.12 bits per heavy atom. The minimum absolute atomic E-state index is 0.251. The van der Waals surface area contributed by atoms with Crippen LogP contribution >= 0.6 is 11.3 Å². The Bertz CT molecular complexity index is 879. The number of hydrogen-bond donors (Lipinski definition) is 1. The number of thiophene rings is 1. The lowest BCUT2D eigenvalue weighted by atomic mass is 9.88. The number of fused-ring (bicyclic) bond motifs is 1. The number of benzene rings is 1. The first-order valence-electron chi connectivity index (χ1n) is 8.32. The van der Waals surface area contributed by atoms with Gasteiger partial charge in [-0.2, -0.15) is 0 Å². The van der Waals surface area contributed by atoms with Gasteiger partial charge in [0.1, 0.15) is 6.04 Å². The fourth-order valence-electron chi connectivity index (χ4n) is 3.86. The predicted octanol–water partition coefficient (Wildman–Crippen LogP) is 1.83. The normalized spacial score (nSPS) is 27.7. The number of imide groups is 1. The van der Waals surface area contributed by atoms with Crippen molar-refractivity contribution in [3.63, 3.8) is 0 Å². The molecular weight excluding hydrogens is 352 g/mol. The molecule has 0 aliphatic carbocycles. The van der Waals surface area contributed by atoms with Crippen LogP contribution in [0, 0.1) is 11.8 Å². The summed E-state index contributed by atoms with van der Waals surface area (Å²) in [7, 11) is 2.76. The van der Waals surface area contributed by atoms with Gasteiger partial charge in [-0.05, 0) is 22.6 Å². The number of carbonyl (C=O) groups is 3. The van der Waals surface area contributed by atoms with Gasteiger partial charge in [0.15, 0.2) is 0 Å². The van der Waals surface area contributed by atoms with Gasteiger partial charge in [0.25, 0.3) is 0 Å². The average Bonchev–Trinajstić information content (AvgIpc) is 3.35. The lowest BCUT2D eigenvalue weighted by Crippen LogP contribution is -2.42. The molecule has 26 heavy (non-hydrogen) atoms. The second kappa shape index (κ2) is 6.34. The first-order valence-corrected chi connectivity index (χ1v) is 9.20. The molecule has 0 saturated carbocycles. The van der Waals surface area contributed by atoms with Gasteiger partial charge in [-0.15, -0.1) is 11.3 Å². The molecule has 0 spiro atoms. The number of likely N-dealkylation sites (tertiary alicyclic amines) is 1. The van der Waals surface area contributed by atoms with Crippen LogP contribution in [0.4, 0.5) is 0 Å². The first kappa shape index (κ1) is 16.9. The first-order chi connectivity index (χ1) is 12.5. The molecule has 0 unspecified atom stereocenters. The van der Waals surface area contributed by atoms with Crippen LogP contribution in [-0.4, -0.2) is 42.9 Å². The number of rotatable bonds is 3. The average molecular weight is 370 g/mol. The smallest absolute Gasteiger partial charge is 0.323 e. The second-order valence-electron chi connectivity index (χ2n) is 6.54. The standard InChI is InChI=1S/C19H18N2O4S/c1-21-17(22)13-14(18(21)23)16(19(24)25-2)20-15(13)12-8-11(9-26-12)10-6-4-3-5-7-10/h3-9,13-16,20H,1-2H3/t13-,14+,15-,16-/m1/s1. The molecule has 4 rings (SSSR count). The number of carbonyl (C=O) groups excluding carboxylic acids is 3. The van der Waals surface area contributed by atoms with Gasteiger partial charge in [0, 0.05) is 11.9 Å². The SMILES string of the molecule is COC(=O)[C@@H]1N[C@H](c2cc(-c3ccccc3)cs2)[C@@H]2C(=O)N(C)C(=O)[C@@H]21. The zero-order valence-electron chi connectivity index (χ0n) is 14.3. The number of esters is 1. The molecule has 134 valence electrons. The van der Waals surface area contributed by atoms with E-state index < -0.39 is 23.8 Å². The van der Waals surface area contributed by atoms with Crippen LogP contribution in [0.1, 0.15) is 10.9 Å². The molecule has 2 aliphatic rings. The van der Waals surface area contributed by atoms with Gasteiger partial charge in [0.2, 0.25) is 11.8 Å². The zero-order valence-corrected chi connectivity index (χ0v) is 15.2. The van der Waals surface area contributed by atoms with E-state index >= 15 is 0 Å². The van der Waals surface area contributed by atoms with Crippen molar-refractivity contribution in [2.24, 2.45) is 11.8 Å². The van der Waals surface area contributed by atoms with E-state index in [1.54, 1.807) is 0 Å². The minimum atomic E-state index is -0.807. The lowest BCUT2D eigenvalue weighted by molar-refractivity contribution is -0.147. The van der Waals surface area contributed by atoms with Crippen molar-refractivity contribution >= 4 is 29.1 Å². The summed E-state index contributed by atoms with van der Waals surface area (Å²) in [6.07, 6.45) is 0. The monoisotopic (exact) mass is 370 g/mol. The molecule has 2 aliphatic heterocycles. The van der Waals surface area contributed by atoms with Gasteiger partial charge in [-0.1, -0.05) is 30.3 Å². The molecule has 2 fully saturated rings. The molecule has 3 heterocycles. The lowest BCUT2D eigenvalue weighted by Gasteiger charge is -2.18. The molecule has 4 atom stereocenters. The van der Waals surface area contributed by atoms with Crippen molar-refractivity contribution in [1.29, 1.82) is 0 Å². The van der Waals surface area contributed by atoms with Crippen LogP contribution in [0.25, 0.3) is 11.1 Å². The predicted molar refractivity (Wildman–Crippen MR) is 96.2 cm³/mol. The van der Waals surface area contributed by atoms with Crippen LogP contribution in [-0.2, 0) is 19.1 Å². The van der Waals surface area contributed by atoms with E-state index in [-0.39, 0.29) is 17.9 Å². The van der Waals surface area contributed by atoms with Gasteiger partial charge in [-0.25, -0.2) is 0 Å². The Kier molecular flexibility index (Phi) is 4.13. The largest absolute Gasteiger partial charge is 0.468 e. The summed E-state index contributed by atoms with van der Waals surface area (Å²) in [5, 5.41) is 5.20. The molecule has 1 aromatic carbocycles. The number of nitrogens with zero attached hydrogens (tertiary/aromatic N) is 1. The van der Waals surface area contributed by atoms with Crippen molar-refractivity contribution in [3.8, 4) is 11.1 Å². The van der Waals surface area contributed by atoms with E-state index in [1.807, 2.05) is 41.8 Å². The molecular formula is C19H18N2O4S. The Morgan fingerprint density at radius 3 is 2.50 bits per heavy atom. The van der Waals surface area contributed by atoms with E-state index in [0.717, 1.165) is 20.9 Å². The Hall–Kier alpha value is -2.51. The number of ether oxygens (including phenoxy) is 1. The number of amides is 2. The molecule has 6 nitrogen and oxygen atoms in total. The van der Waals surface area contributed by atoms with Crippen LogP contribution in [0.5, 0.6) is 0 Å². The molecule has 0 radical (unpaired) electrons. The van der Waals surface area contributed by atoms with E-state index in [4.69, 9.17) is 4.74 Å². The fourth-order valence-corrected chi connectivity index (χ4v) is 4.89. The molecule has 1 aromatic heterocycles. The number of nitrogens with one attached hydrogen (secondary N) is 1. The Balaban J connectivity index is 1.70. The highest BCUT2D eigenvalue weighted by molar-refractivity contribution is 7.10. The molecule has 0 bridgehead atoms. The summed E-state index contributed by atoms with van der Waals surface area (Å²) in [6.45, 7) is 0. The van der Waals surface area contributed by atoms with Crippen molar-refractivity contribution in [2.75, 3.05) is 14.2 Å². The van der Waals surface area contributed by atoms with Gasteiger partial charge >= 0.3 is 5.97 Å². The topological polar surface area (TPSA) is 75.7 Å². The van der Waals surface area contributed by atoms with Crippen LogP contribution in [0.15, 0.2) is 41.8 Å². The van der Waals surface area contributed by atoms with Crippen molar-refractivity contribution in [3.05, 3.63) is 46.7 Å². The van der Waals surface area contributed by atoms with Crippen molar-refractivity contribution in [1.82, 2.24) is 10.2 Å². The molecule has 1 N–H and O–H groups in total. The molecule has 2 aromatic rings. The summed E-state index contributed by atoms with van der Waals surface area (Å²) in [6, 6.07) is 10.8.